The van der Waals surface area contributed by atoms with Crippen molar-refractivity contribution >= 4 is 6.03 Å². The van der Waals surface area contributed by atoms with Gasteiger partial charge in [0.2, 0.25) is 0 Å². The highest BCUT2D eigenvalue weighted by atomic mass is 16.2. The molecule has 1 saturated heterocycles. The Kier molecular flexibility index (Phi) is 4.60. The topological polar surface area (TPSA) is 63.1 Å². The predicted octanol–water partition coefficient (Wildman–Crippen LogP) is 2.65. The van der Waals surface area contributed by atoms with Crippen LogP contribution in [0.1, 0.15) is 42.6 Å². The lowest BCUT2D eigenvalue weighted by Gasteiger charge is -2.26. The van der Waals surface area contributed by atoms with Crippen LogP contribution < -0.4 is 5.32 Å². The molecular weight excluding hydrogens is 290 g/mol. The predicted molar refractivity (Wildman–Crippen MR) is 87.8 cm³/mol. The van der Waals surface area contributed by atoms with Crippen LogP contribution in [0, 0.1) is 6.92 Å². The van der Waals surface area contributed by atoms with Gasteiger partial charge in [-0.3, -0.25) is 4.68 Å². The van der Waals surface area contributed by atoms with E-state index in [4.69, 9.17) is 0 Å². The maximum Gasteiger partial charge on any atom is 0.318 e. The molecule has 0 aliphatic carbocycles. The lowest BCUT2D eigenvalue weighted by Crippen LogP contribution is -2.39. The number of likely N-dealkylation sites (tertiary alicyclic amines) is 1. The Labute approximate surface area is 136 Å². The van der Waals surface area contributed by atoms with Gasteiger partial charge in [0.15, 0.2) is 0 Å². The van der Waals surface area contributed by atoms with E-state index < -0.39 is 0 Å². The van der Waals surface area contributed by atoms with Gasteiger partial charge < -0.3 is 10.2 Å². The van der Waals surface area contributed by atoms with Crippen molar-refractivity contribution in [3.8, 4) is 0 Å². The van der Waals surface area contributed by atoms with E-state index in [9.17, 15) is 4.79 Å². The van der Waals surface area contributed by atoms with Gasteiger partial charge in [-0.1, -0.05) is 29.5 Å². The molecule has 0 radical (unpaired) electrons. The largest absolute Gasteiger partial charge is 0.332 e. The number of carbonyl (C=O) groups is 1. The quantitative estimate of drug-likeness (QED) is 0.944. The molecule has 2 heterocycles. The molecule has 1 atom stereocenters. The van der Waals surface area contributed by atoms with Crippen molar-refractivity contribution in [3.05, 3.63) is 47.3 Å². The van der Waals surface area contributed by atoms with Gasteiger partial charge in [0, 0.05) is 13.1 Å². The molecule has 1 aromatic carbocycles. The number of carbonyl (C=O) groups excluding carboxylic acids is 1. The van der Waals surface area contributed by atoms with Crippen molar-refractivity contribution in [2.75, 3.05) is 6.54 Å². The van der Waals surface area contributed by atoms with Gasteiger partial charge in [0.05, 0.1) is 18.8 Å². The van der Waals surface area contributed by atoms with Crippen molar-refractivity contribution in [1.29, 1.82) is 0 Å². The van der Waals surface area contributed by atoms with Crippen molar-refractivity contribution in [2.24, 2.45) is 0 Å². The molecule has 0 spiro atoms. The maximum atomic E-state index is 12.5. The highest BCUT2D eigenvalue weighted by Crippen LogP contribution is 2.33. The summed E-state index contributed by atoms with van der Waals surface area (Å²) in [5.74, 6) is 0. The second-order valence-corrected chi connectivity index (χ2v) is 5.93. The summed E-state index contributed by atoms with van der Waals surface area (Å²) < 4.78 is 1.76. The Morgan fingerprint density at radius 3 is 2.96 bits per heavy atom. The molecule has 1 aliphatic heterocycles. The molecule has 6 nitrogen and oxygen atoms in total. The Morgan fingerprint density at radius 2 is 2.22 bits per heavy atom. The first-order chi connectivity index (χ1) is 11.2. The third-order valence-corrected chi connectivity index (χ3v) is 4.39. The SMILES string of the molecule is CCn1cc(CNC(=O)N2CCCC2c2ccccc2C)nn1. The normalized spacial score (nSPS) is 17.5. The summed E-state index contributed by atoms with van der Waals surface area (Å²) in [6.45, 7) is 6.10. The first kappa shape index (κ1) is 15.5. The molecular formula is C17H23N5O. The second kappa shape index (κ2) is 6.81. The third-order valence-electron chi connectivity index (χ3n) is 4.39. The smallest absolute Gasteiger partial charge is 0.318 e. The van der Waals surface area contributed by atoms with Gasteiger partial charge in [0.1, 0.15) is 5.69 Å². The van der Waals surface area contributed by atoms with E-state index in [2.05, 4.69) is 34.7 Å². The van der Waals surface area contributed by atoms with Crippen LogP contribution in [-0.4, -0.2) is 32.5 Å². The van der Waals surface area contributed by atoms with Gasteiger partial charge in [-0.2, -0.15) is 0 Å². The van der Waals surface area contributed by atoms with Crippen LogP contribution in [0.4, 0.5) is 4.79 Å². The summed E-state index contributed by atoms with van der Waals surface area (Å²) in [6, 6.07) is 8.45. The number of urea groups is 1. The lowest BCUT2D eigenvalue weighted by molar-refractivity contribution is 0.192. The van der Waals surface area contributed by atoms with Gasteiger partial charge in [0.25, 0.3) is 0 Å². The average Bonchev–Trinajstić information content (AvgIpc) is 3.22. The molecule has 23 heavy (non-hydrogen) atoms. The van der Waals surface area contributed by atoms with E-state index in [0.29, 0.717) is 6.54 Å². The van der Waals surface area contributed by atoms with E-state index in [1.807, 2.05) is 30.2 Å². The maximum absolute atomic E-state index is 12.5. The Morgan fingerprint density at radius 1 is 1.39 bits per heavy atom. The van der Waals surface area contributed by atoms with E-state index >= 15 is 0 Å². The average molecular weight is 313 g/mol. The summed E-state index contributed by atoms with van der Waals surface area (Å²) in [5, 5.41) is 11.0. The fourth-order valence-corrected chi connectivity index (χ4v) is 3.14. The van der Waals surface area contributed by atoms with E-state index in [1.54, 1.807) is 4.68 Å². The first-order valence-electron chi connectivity index (χ1n) is 8.18. The third kappa shape index (κ3) is 3.36. The number of benzene rings is 1. The van der Waals surface area contributed by atoms with E-state index in [1.165, 1.54) is 11.1 Å². The molecule has 1 aromatic heterocycles. The highest BCUT2D eigenvalue weighted by molar-refractivity contribution is 5.75. The van der Waals surface area contributed by atoms with Crippen LogP contribution in [-0.2, 0) is 13.1 Å². The number of nitrogens with zero attached hydrogens (tertiary/aromatic N) is 4. The number of hydrogen-bond acceptors (Lipinski definition) is 3. The molecule has 3 rings (SSSR count). The summed E-state index contributed by atoms with van der Waals surface area (Å²) in [7, 11) is 0. The van der Waals surface area contributed by atoms with Crippen LogP contribution in [0.25, 0.3) is 0 Å². The van der Waals surface area contributed by atoms with Crippen LogP contribution in [0.15, 0.2) is 30.5 Å². The lowest BCUT2D eigenvalue weighted by atomic mass is 9.99. The van der Waals surface area contributed by atoms with Gasteiger partial charge in [-0.05, 0) is 37.8 Å². The van der Waals surface area contributed by atoms with Crippen molar-refractivity contribution in [2.45, 2.75) is 45.8 Å². The molecule has 0 bridgehead atoms. The van der Waals surface area contributed by atoms with Crippen LogP contribution in [0.2, 0.25) is 0 Å². The number of hydrogen-bond donors (Lipinski definition) is 1. The molecule has 2 aromatic rings. The minimum Gasteiger partial charge on any atom is -0.332 e. The molecule has 1 aliphatic rings. The number of aromatic nitrogens is 3. The molecule has 2 amide bonds. The highest BCUT2D eigenvalue weighted by Gasteiger charge is 2.30. The monoisotopic (exact) mass is 313 g/mol. The first-order valence-corrected chi connectivity index (χ1v) is 8.18. The number of amides is 2. The fourth-order valence-electron chi connectivity index (χ4n) is 3.14. The zero-order valence-corrected chi connectivity index (χ0v) is 13.7. The molecule has 6 heteroatoms. The van der Waals surface area contributed by atoms with Crippen LogP contribution in [0.3, 0.4) is 0 Å². The van der Waals surface area contributed by atoms with E-state index in [-0.39, 0.29) is 12.1 Å². The van der Waals surface area contributed by atoms with E-state index in [0.717, 1.165) is 31.6 Å². The van der Waals surface area contributed by atoms with Crippen LogP contribution >= 0.6 is 0 Å². The Hall–Kier alpha value is -2.37. The molecule has 0 saturated carbocycles. The minimum absolute atomic E-state index is 0.0261. The number of rotatable bonds is 4. The molecule has 1 fully saturated rings. The zero-order valence-electron chi connectivity index (χ0n) is 13.7. The standard InChI is InChI=1S/C17H23N5O/c1-3-21-12-14(19-20-21)11-18-17(23)22-10-6-9-16(22)15-8-5-4-7-13(15)2/h4-5,7-8,12,16H,3,6,9-11H2,1-2H3,(H,18,23). The summed E-state index contributed by atoms with van der Waals surface area (Å²) in [5.41, 5.74) is 3.27. The van der Waals surface area contributed by atoms with Gasteiger partial charge in [-0.25, -0.2) is 4.79 Å². The van der Waals surface area contributed by atoms with Gasteiger partial charge in [-0.15, -0.1) is 5.10 Å². The molecule has 1 unspecified atom stereocenters. The molecule has 1 N–H and O–H groups in total. The van der Waals surface area contributed by atoms with Gasteiger partial charge >= 0.3 is 6.03 Å². The van der Waals surface area contributed by atoms with Crippen LogP contribution in [0.5, 0.6) is 0 Å². The number of aryl methyl sites for hydroxylation is 2. The number of nitrogens with one attached hydrogen (secondary N) is 1. The summed E-state index contributed by atoms with van der Waals surface area (Å²) in [6.07, 6.45) is 3.92. The Balaban J connectivity index is 1.65. The van der Waals surface area contributed by atoms with Crippen molar-refractivity contribution in [1.82, 2.24) is 25.2 Å². The Bertz CT molecular complexity index is 681. The van der Waals surface area contributed by atoms with Crippen molar-refractivity contribution in [3.63, 3.8) is 0 Å². The summed E-state index contributed by atoms with van der Waals surface area (Å²) >= 11 is 0. The summed E-state index contributed by atoms with van der Waals surface area (Å²) in [4.78, 5) is 14.5. The van der Waals surface area contributed by atoms with Crippen molar-refractivity contribution < 1.29 is 4.79 Å². The zero-order chi connectivity index (χ0) is 16.2. The minimum atomic E-state index is -0.0261. The fraction of sp³-hybridized carbons (Fsp3) is 0.471. The second-order valence-electron chi connectivity index (χ2n) is 5.93. The molecule has 122 valence electrons.